The lowest BCUT2D eigenvalue weighted by molar-refractivity contribution is -0.105. The normalized spacial score (nSPS) is 11.2. The highest BCUT2D eigenvalue weighted by atomic mass is 32.2. The van der Waals surface area contributed by atoms with Crippen molar-refractivity contribution in [1.82, 2.24) is 0 Å². The van der Waals surface area contributed by atoms with Gasteiger partial charge in [0.15, 0.2) is 0 Å². The summed E-state index contributed by atoms with van der Waals surface area (Å²) in [5, 5.41) is 3.49. The minimum absolute atomic E-state index is 0.525. The second kappa shape index (κ2) is 7.85. The van der Waals surface area contributed by atoms with Crippen molar-refractivity contribution in [2.45, 2.75) is 0 Å². The Morgan fingerprint density at radius 1 is 1.44 bits per heavy atom. The van der Waals surface area contributed by atoms with Gasteiger partial charge in [0.05, 0.1) is 5.75 Å². The summed E-state index contributed by atoms with van der Waals surface area (Å²) in [4.78, 5) is 9.75. The van der Waals surface area contributed by atoms with Gasteiger partial charge in [-0.1, -0.05) is 12.2 Å². The summed E-state index contributed by atoms with van der Waals surface area (Å²) in [6.45, 7) is 0. The van der Waals surface area contributed by atoms with Crippen molar-refractivity contribution >= 4 is 30.7 Å². The largest absolute Gasteiger partial charge is 0.302 e. The van der Waals surface area contributed by atoms with Crippen LogP contribution in [0.1, 0.15) is 0 Å². The van der Waals surface area contributed by atoms with E-state index in [-0.39, 0.29) is 0 Å². The molecule has 0 saturated carbocycles. The molecule has 9 heavy (non-hydrogen) atoms. The first-order valence-corrected chi connectivity index (χ1v) is 3.99. The van der Waals surface area contributed by atoms with Gasteiger partial charge in [-0.2, -0.15) is 12.6 Å². The van der Waals surface area contributed by atoms with Gasteiger partial charge in [-0.15, -0.1) is 11.8 Å². The fourth-order valence-electron chi connectivity index (χ4n) is 0.245. The molecule has 0 aromatic heterocycles. The van der Waals surface area contributed by atoms with Crippen molar-refractivity contribution in [2.75, 3.05) is 5.75 Å². The summed E-state index contributed by atoms with van der Waals surface area (Å²) < 4.78 is 0. The fraction of sp³-hybridized carbons (Fsp3) is 0.167. The monoisotopic (exact) mass is 160 g/mol. The number of aldehydes is 1. The van der Waals surface area contributed by atoms with Gasteiger partial charge in [-0.05, 0) is 10.8 Å². The molecule has 0 amide bonds. The van der Waals surface area contributed by atoms with Gasteiger partial charge in [0.1, 0.15) is 6.29 Å². The van der Waals surface area contributed by atoms with Gasteiger partial charge in [0, 0.05) is 0 Å². The Balaban J connectivity index is 3.14. The van der Waals surface area contributed by atoms with Crippen LogP contribution in [0, 0.1) is 0 Å². The molecular formula is C6H8OS2. The van der Waals surface area contributed by atoms with Crippen LogP contribution in [0.5, 0.6) is 0 Å². The van der Waals surface area contributed by atoms with Gasteiger partial charge < -0.3 is 4.79 Å². The Morgan fingerprint density at radius 2 is 2.22 bits per heavy atom. The van der Waals surface area contributed by atoms with Crippen LogP contribution in [-0.4, -0.2) is 12.0 Å². The van der Waals surface area contributed by atoms with E-state index >= 15 is 0 Å². The van der Waals surface area contributed by atoms with Crippen molar-refractivity contribution < 1.29 is 4.79 Å². The molecule has 0 heterocycles. The van der Waals surface area contributed by atoms with Crippen LogP contribution >= 0.6 is 24.4 Å². The minimum Gasteiger partial charge on any atom is -0.302 e. The first-order chi connectivity index (χ1) is 4.41. The molecule has 0 aliphatic heterocycles. The van der Waals surface area contributed by atoms with E-state index in [9.17, 15) is 4.79 Å². The Labute approximate surface area is 64.6 Å². The number of carbonyl (C=O) groups excluding carboxylic acids is 1. The second-order valence-corrected chi connectivity index (χ2v) is 2.41. The number of rotatable bonds is 4. The SMILES string of the molecule is O=CCS/C=C\C=C\S. The zero-order valence-electron chi connectivity index (χ0n) is 4.86. The van der Waals surface area contributed by atoms with Gasteiger partial charge >= 0.3 is 0 Å². The highest BCUT2D eigenvalue weighted by Crippen LogP contribution is 1.98. The number of allylic oxidation sites excluding steroid dienone is 2. The van der Waals surface area contributed by atoms with E-state index in [0.717, 1.165) is 6.29 Å². The molecule has 0 rings (SSSR count). The molecule has 0 saturated heterocycles. The molecule has 0 spiro atoms. The molecule has 0 atom stereocenters. The molecule has 0 bridgehead atoms. The lowest BCUT2D eigenvalue weighted by Gasteiger charge is -1.78. The van der Waals surface area contributed by atoms with Crippen LogP contribution in [-0.2, 0) is 4.79 Å². The third-order valence-electron chi connectivity index (χ3n) is 0.536. The topological polar surface area (TPSA) is 17.1 Å². The predicted molar refractivity (Wildman–Crippen MR) is 45.8 cm³/mol. The van der Waals surface area contributed by atoms with E-state index in [2.05, 4.69) is 12.6 Å². The smallest absolute Gasteiger partial charge is 0.130 e. The Hall–Kier alpha value is -0.150. The van der Waals surface area contributed by atoms with Crippen LogP contribution in [0.15, 0.2) is 23.0 Å². The average molecular weight is 160 g/mol. The van der Waals surface area contributed by atoms with Crippen molar-refractivity contribution in [1.29, 1.82) is 0 Å². The fourth-order valence-corrected chi connectivity index (χ4v) is 0.736. The van der Waals surface area contributed by atoms with E-state index < -0.39 is 0 Å². The number of carbonyl (C=O) groups is 1. The predicted octanol–water partition coefficient (Wildman–Crippen LogP) is 1.88. The quantitative estimate of drug-likeness (QED) is 0.293. The average Bonchev–Trinajstić information content (AvgIpc) is 1.89. The summed E-state index contributed by atoms with van der Waals surface area (Å²) in [6.07, 6.45) is 4.50. The summed E-state index contributed by atoms with van der Waals surface area (Å²) in [5.41, 5.74) is 0. The standard InChI is InChI=1S/C6H8OS2/c7-3-6-9-5-2-1-4-8/h1-5,8H,6H2/b4-1+,5-2-. The zero-order chi connectivity index (χ0) is 6.95. The Kier molecular flexibility index (Phi) is 7.72. The summed E-state index contributed by atoms with van der Waals surface area (Å²) >= 11 is 5.29. The Morgan fingerprint density at radius 3 is 2.78 bits per heavy atom. The van der Waals surface area contributed by atoms with Crippen LogP contribution in [0.25, 0.3) is 0 Å². The first kappa shape index (κ1) is 8.85. The number of hydrogen-bond acceptors (Lipinski definition) is 3. The molecule has 0 fully saturated rings. The maximum atomic E-state index is 9.75. The molecule has 0 aromatic carbocycles. The van der Waals surface area contributed by atoms with Gasteiger partial charge in [-0.25, -0.2) is 0 Å². The van der Waals surface area contributed by atoms with E-state index in [1.807, 2.05) is 11.5 Å². The second-order valence-electron chi connectivity index (χ2n) is 1.17. The molecule has 3 heteroatoms. The van der Waals surface area contributed by atoms with Crippen LogP contribution < -0.4 is 0 Å². The molecule has 1 nitrogen and oxygen atoms in total. The lowest BCUT2D eigenvalue weighted by atomic mass is 10.6. The molecule has 0 aliphatic carbocycles. The van der Waals surface area contributed by atoms with Gasteiger partial charge in [0.2, 0.25) is 0 Å². The molecule has 0 aromatic rings. The molecule has 0 aliphatic rings. The molecule has 50 valence electrons. The minimum atomic E-state index is 0.525. The van der Waals surface area contributed by atoms with Gasteiger partial charge in [0.25, 0.3) is 0 Å². The zero-order valence-corrected chi connectivity index (χ0v) is 6.57. The van der Waals surface area contributed by atoms with Crippen LogP contribution in [0.4, 0.5) is 0 Å². The summed E-state index contributed by atoms with van der Waals surface area (Å²) in [7, 11) is 0. The van der Waals surface area contributed by atoms with Crippen LogP contribution in [0.2, 0.25) is 0 Å². The van der Waals surface area contributed by atoms with Gasteiger partial charge in [-0.3, -0.25) is 0 Å². The maximum absolute atomic E-state index is 9.75. The number of hydrogen-bond donors (Lipinski definition) is 1. The van der Waals surface area contributed by atoms with Crippen molar-refractivity contribution in [3.63, 3.8) is 0 Å². The highest BCUT2D eigenvalue weighted by Gasteiger charge is 1.73. The molecule has 0 radical (unpaired) electrons. The summed E-state index contributed by atoms with van der Waals surface area (Å²) in [5.74, 6) is 0.525. The maximum Gasteiger partial charge on any atom is 0.130 e. The first-order valence-electron chi connectivity index (χ1n) is 2.43. The Bertz CT molecular complexity index is 118. The lowest BCUT2D eigenvalue weighted by Crippen LogP contribution is -1.71. The van der Waals surface area contributed by atoms with Crippen molar-refractivity contribution in [3.8, 4) is 0 Å². The van der Waals surface area contributed by atoms with Crippen LogP contribution in [0.3, 0.4) is 0 Å². The molecule has 0 N–H and O–H groups in total. The van der Waals surface area contributed by atoms with E-state index in [0.29, 0.717) is 5.75 Å². The highest BCUT2D eigenvalue weighted by molar-refractivity contribution is 8.02. The molecular weight excluding hydrogens is 152 g/mol. The van der Waals surface area contributed by atoms with E-state index in [1.54, 1.807) is 11.5 Å². The van der Waals surface area contributed by atoms with Crippen molar-refractivity contribution in [2.24, 2.45) is 0 Å². The summed E-state index contributed by atoms with van der Waals surface area (Å²) in [6, 6.07) is 0. The van der Waals surface area contributed by atoms with E-state index in [4.69, 9.17) is 0 Å². The van der Waals surface area contributed by atoms with Crippen molar-refractivity contribution in [3.05, 3.63) is 23.0 Å². The third-order valence-corrected chi connectivity index (χ3v) is 1.39. The number of thiol groups is 1. The third kappa shape index (κ3) is 7.85. The number of thioether (sulfide) groups is 1. The van der Waals surface area contributed by atoms with E-state index in [1.165, 1.54) is 11.8 Å². The molecule has 0 unspecified atom stereocenters.